The second-order valence-corrected chi connectivity index (χ2v) is 8.58. The average Bonchev–Trinajstić information content (AvgIpc) is 3.50. The Hall–Kier alpha value is -3.68. The van der Waals surface area contributed by atoms with Crippen molar-refractivity contribution in [3.05, 3.63) is 114 Å². The monoisotopic (exact) mass is 470 g/mol. The first-order valence-electron chi connectivity index (χ1n) is 10.3. The van der Waals surface area contributed by atoms with E-state index in [4.69, 9.17) is 16.7 Å². The molecule has 33 heavy (non-hydrogen) atoms. The predicted octanol–water partition coefficient (Wildman–Crippen LogP) is 5.96. The van der Waals surface area contributed by atoms with Crippen LogP contribution in [0.3, 0.4) is 0 Å². The van der Waals surface area contributed by atoms with Crippen LogP contribution in [0.1, 0.15) is 11.1 Å². The summed E-state index contributed by atoms with van der Waals surface area (Å²) in [5, 5.41) is 19.1. The molecule has 0 aliphatic carbocycles. The van der Waals surface area contributed by atoms with E-state index in [1.807, 2.05) is 95.8 Å². The molecule has 0 aliphatic rings. The van der Waals surface area contributed by atoms with Crippen LogP contribution in [0.4, 0.5) is 0 Å². The molecule has 0 atom stereocenters. The predicted molar refractivity (Wildman–Crippen MR) is 133 cm³/mol. The highest BCUT2D eigenvalue weighted by Gasteiger charge is 2.11. The molecule has 0 radical (unpaired) electrons. The summed E-state index contributed by atoms with van der Waals surface area (Å²) in [5.74, 6) is 0.743. The van der Waals surface area contributed by atoms with Gasteiger partial charge in [-0.2, -0.15) is 14.9 Å². The summed E-state index contributed by atoms with van der Waals surface area (Å²) >= 11 is 7.54. The fraction of sp³-hybridized carbons (Fsp3) is 0.0400. The normalized spacial score (nSPS) is 11.3. The Morgan fingerprint density at radius 1 is 0.909 bits per heavy atom. The van der Waals surface area contributed by atoms with Gasteiger partial charge in [0.2, 0.25) is 5.16 Å². The zero-order valence-electron chi connectivity index (χ0n) is 17.5. The third kappa shape index (κ3) is 5.05. The number of aromatic nitrogens is 5. The van der Waals surface area contributed by atoms with Crippen molar-refractivity contribution in [2.75, 3.05) is 0 Å². The Labute approximate surface area is 200 Å². The Morgan fingerprint density at radius 3 is 2.39 bits per heavy atom. The van der Waals surface area contributed by atoms with Gasteiger partial charge in [-0.25, -0.2) is 4.68 Å². The van der Waals surface area contributed by atoms with Crippen LogP contribution >= 0.6 is 23.4 Å². The van der Waals surface area contributed by atoms with Crippen molar-refractivity contribution >= 4 is 29.6 Å². The first kappa shape index (κ1) is 21.2. The SMILES string of the molecule is Clc1ccc(CSc2nncn2/N=C/c2cn(-c3ccccc3)nc2-c2ccccc2)cc1. The van der Waals surface area contributed by atoms with Gasteiger partial charge in [-0.3, -0.25) is 0 Å². The minimum Gasteiger partial charge on any atom is -0.240 e. The van der Waals surface area contributed by atoms with E-state index in [1.165, 1.54) is 0 Å². The molecule has 2 heterocycles. The van der Waals surface area contributed by atoms with Crippen LogP contribution in [-0.2, 0) is 5.75 Å². The molecule has 0 amide bonds. The summed E-state index contributed by atoms with van der Waals surface area (Å²) in [6.07, 6.45) is 5.38. The zero-order chi connectivity index (χ0) is 22.5. The van der Waals surface area contributed by atoms with Crippen LogP contribution in [0.5, 0.6) is 0 Å². The number of hydrogen-bond acceptors (Lipinski definition) is 5. The van der Waals surface area contributed by atoms with E-state index >= 15 is 0 Å². The van der Waals surface area contributed by atoms with Gasteiger partial charge in [-0.05, 0) is 29.8 Å². The van der Waals surface area contributed by atoms with Crippen LogP contribution in [0.25, 0.3) is 16.9 Å². The highest BCUT2D eigenvalue weighted by Crippen LogP contribution is 2.24. The molecule has 0 bridgehead atoms. The smallest absolute Gasteiger partial charge is 0.212 e. The maximum absolute atomic E-state index is 5.97. The van der Waals surface area contributed by atoms with Crippen molar-refractivity contribution in [3.63, 3.8) is 0 Å². The highest BCUT2D eigenvalue weighted by atomic mass is 35.5. The van der Waals surface area contributed by atoms with Crippen LogP contribution in [0, 0.1) is 0 Å². The second-order valence-electron chi connectivity index (χ2n) is 7.20. The van der Waals surface area contributed by atoms with E-state index in [1.54, 1.807) is 29.0 Å². The summed E-state index contributed by atoms with van der Waals surface area (Å²) in [4.78, 5) is 0. The number of benzene rings is 3. The molecule has 5 aromatic rings. The molecular weight excluding hydrogens is 452 g/mol. The fourth-order valence-electron chi connectivity index (χ4n) is 3.26. The molecule has 8 heteroatoms. The molecule has 162 valence electrons. The van der Waals surface area contributed by atoms with Gasteiger partial charge in [0.25, 0.3) is 0 Å². The highest BCUT2D eigenvalue weighted by molar-refractivity contribution is 7.98. The molecule has 5 rings (SSSR count). The molecule has 2 aromatic heterocycles. The van der Waals surface area contributed by atoms with Crippen molar-refractivity contribution < 1.29 is 0 Å². The molecule has 0 saturated heterocycles. The minimum absolute atomic E-state index is 0.706. The minimum atomic E-state index is 0.706. The van der Waals surface area contributed by atoms with Crippen molar-refractivity contribution in [2.45, 2.75) is 10.9 Å². The maximum Gasteiger partial charge on any atom is 0.212 e. The van der Waals surface area contributed by atoms with E-state index in [2.05, 4.69) is 15.3 Å². The molecule has 3 aromatic carbocycles. The van der Waals surface area contributed by atoms with Crippen molar-refractivity contribution in [1.29, 1.82) is 0 Å². The second kappa shape index (κ2) is 9.85. The first-order chi connectivity index (χ1) is 16.3. The van der Waals surface area contributed by atoms with Gasteiger partial charge in [0.15, 0.2) is 0 Å². The lowest BCUT2D eigenvalue weighted by Crippen LogP contribution is -1.93. The lowest BCUT2D eigenvalue weighted by molar-refractivity contribution is 0.767. The summed E-state index contributed by atoms with van der Waals surface area (Å²) in [6, 6.07) is 27.9. The van der Waals surface area contributed by atoms with Crippen LogP contribution < -0.4 is 0 Å². The van der Waals surface area contributed by atoms with Crippen LogP contribution in [0.15, 0.2) is 108 Å². The number of rotatable bonds is 7. The van der Waals surface area contributed by atoms with Gasteiger partial charge in [0.05, 0.1) is 11.9 Å². The quantitative estimate of drug-likeness (QED) is 0.217. The molecule has 0 spiro atoms. The van der Waals surface area contributed by atoms with Crippen molar-refractivity contribution in [3.8, 4) is 16.9 Å². The van der Waals surface area contributed by atoms with E-state index in [9.17, 15) is 0 Å². The number of nitrogens with zero attached hydrogens (tertiary/aromatic N) is 6. The molecule has 0 N–H and O–H groups in total. The van der Waals surface area contributed by atoms with E-state index in [0.717, 1.165) is 38.8 Å². The number of thioether (sulfide) groups is 1. The molecule has 0 saturated carbocycles. The largest absolute Gasteiger partial charge is 0.240 e. The van der Waals surface area contributed by atoms with Gasteiger partial charge < -0.3 is 0 Å². The fourth-order valence-corrected chi connectivity index (χ4v) is 4.21. The number of para-hydroxylation sites is 1. The third-order valence-electron chi connectivity index (χ3n) is 4.91. The van der Waals surface area contributed by atoms with Crippen molar-refractivity contribution in [2.24, 2.45) is 5.10 Å². The summed E-state index contributed by atoms with van der Waals surface area (Å²) in [6.45, 7) is 0. The standard InChI is InChI=1S/C25H19ClN6S/c26-22-13-11-19(12-14-22)17-33-25-29-27-18-32(25)28-15-21-16-31(23-9-5-2-6-10-23)30-24(21)20-7-3-1-4-8-20/h1-16,18H,17H2/b28-15+. The van der Waals surface area contributed by atoms with E-state index in [-0.39, 0.29) is 0 Å². The number of hydrogen-bond donors (Lipinski definition) is 0. The van der Waals surface area contributed by atoms with E-state index < -0.39 is 0 Å². The van der Waals surface area contributed by atoms with Gasteiger partial charge in [-0.15, -0.1) is 10.2 Å². The van der Waals surface area contributed by atoms with Crippen LogP contribution in [-0.4, -0.2) is 30.9 Å². The van der Waals surface area contributed by atoms with Gasteiger partial charge in [-0.1, -0.05) is 84.0 Å². The molecule has 6 nitrogen and oxygen atoms in total. The van der Waals surface area contributed by atoms with E-state index in [0.29, 0.717) is 5.16 Å². The molecule has 0 aliphatic heterocycles. The van der Waals surface area contributed by atoms with Gasteiger partial charge in [0, 0.05) is 28.1 Å². The Morgan fingerprint density at radius 2 is 1.64 bits per heavy atom. The average molecular weight is 471 g/mol. The Bertz CT molecular complexity index is 1360. The van der Waals surface area contributed by atoms with Gasteiger partial charge >= 0.3 is 0 Å². The topological polar surface area (TPSA) is 60.9 Å². The summed E-state index contributed by atoms with van der Waals surface area (Å²) in [7, 11) is 0. The Kier molecular flexibility index (Phi) is 6.32. The van der Waals surface area contributed by atoms with Crippen molar-refractivity contribution in [1.82, 2.24) is 24.7 Å². The lowest BCUT2D eigenvalue weighted by atomic mass is 10.1. The third-order valence-corrected chi connectivity index (χ3v) is 6.17. The zero-order valence-corrected chi connectivity index (χ0v) is 19.1. The summed E-state index contributed by atoms with van der Waals surface area (Å²) < 4.78 is 3.54. The molecule has 0 fully saturated rings. The Balaban J connectivity index is 1.42. The number of halogens is 1. The summed E-state index contributed by atoms with van der Waals surface area (Å²) in [5.41, 5.74) is 4.91. The maximum atomic E-state index is 5.97. The first-order valence-corrected chi connectivity index (χ1v) is 11.6. The lowest BCUT2D eigenvalue weighted by Gasteiger charge is -2.02. The van der Waals surface area contributed by atoms with Gasteiger partial charge in [0.1, 0.15) is 12.0 Å². The van der Waals surface area contributed by atoms with Crippen LogP contribution in [0.2, 0.25) is 5.02 Å². The molecular formula is C25H19ClN6S. The molecule has 0 unspecified atom stereocenters.